The minimum atomic E-state index is -0.238. The van der Waals surface area contributed by atoms with Crippen molar-refractivity contribution in [2.45, 2.75) is 12.5 Å². The zero-order valence-electron chi connectivity index (χ0n) is 13.3. The molecule has 24 heavy (non-hydrogen) atoms. The van der Waals surface area contributed by atoms with Crippen molar-refractivity contribution in [3.63, 3.8) is 0 Å². The Bertz CT molecular complexity index is 720. The Morgan fingerprint density at radius 1 is 1.21 bits per heavy atom. The third-order valence-electron chi connectivity index (χ3n) is 4.18. The highest BCUT2D eigenvalue weighted by molar-refractivity contribution is 5.91. The van der Waals surface area contributed by atoms with Gasteiger partial charge in [0.1, 0.15) is 5.52 Å². The second-order valence-electron chi connectivity index (χ2n) is 5.94. The highest BCUT2D eigenvalue weighted by Crippen LogP contribution is 2.25. The molecule has 2 saturated heterocycles. The first-order chi connectivity index (χ1) is 11.8. The van der Waals surface area contributed by atoms with Crippen LogP contribution >= 0.6 is 0 Å². The topological polar surface area (TPSA) is 88.9 Å². The maximum Gasteiger partial charge on any atom is 0.319 e. The Kier molecular flexibility index (Phi) is 4.22. The fourth-order valence-electron chi connectivity index (χ4n) is 2.88. The van der Waals surface area contributed by atoms with E-state index in [0.717, 1.165) is 25.0 Å². The van der Waals surface area contributed by atoms with Gasteiger partial charge in [-0.2, -0.15) is 4.98 Å². The van der Waals surface area contributed by atoms with Crippen LogP contribution in [0.2, 0.25) is 0 Å². The van der Waals surface area contributed by atoms with Crippen molar-refractivity contribution in [1.82, 2.24) is 10.3 Å². The number of oxazole rings is 1. The summed E-state index contributed by atoms with van der Waals surface area (Å²) in [5, 5.41) is 5.71. The van der Waals surface area contributed by atoms with Crippen LogP contribution in [0, 0.1) is 0 Å². The molecular formula is C16H20N4O4. The summed E-state index contributed by atoms with van der Waals surface area (Å²) in [4.78, 5) is 18.6. The predicted octanol–water partition coefficient (Wildman–Crippen LogP) is 1.57. The molecule has 0 radical (unpaired) electrons. The third-order valence-corrected chi connectivity index (χ3v) is 4.18. The molecule has 1 unspecified atom stereocenters. The molecule has 8 heteroatoms. The van der Waals surface area contributed by atoms with Gasteiger partial charge in [-0.15, -0.1) is 0 Å². The van der Waals surface area contributed by atoms with Gasteiger partial charge in [-0.25, -0.2) is 4.79 Å². The van der Waals surface area contributed by atoms with Gasteiger partial charge in [0.05, 0.1) is 25.9 Å². The van der Waals surface area contributed by atoms with E-state index in [-0.39, 0.29) is 12.1 Å². The minimum Gasteiger partial charge on any atom is -0.423 e. The summed E-state index contributed by atoms with van der Waals surface area (Å²) in [7, 11) is 0. The molecular weight excluding hydrogens is 312 g/mol. The molecule has 0 spiro atoms. The second-order valence-corrected chi connectivity index (χ2v) is 5.94. The summed E-state index contributed by atoms with van der Waals surface area (Å²) in [5.41, 5.74) is 2.09. The van der Waals surface area contributed by atoms with E-state index in [4.69, 9.17) is 13.9 Å². The molecule has 0 aliphatic carbocycles. The molecule has 8 nitrogen and oxygen atoms in total. The number of ether oxygens (including phenoxy) is 2. The first kappa shape index (κ1) is 15.2. The van der Waals surface area contributed by atoms with E-state index in [2.05, 4.69) is 20.5 Å². The lowest BCUT2D eigenvalue weighted by atomic mass is 10.2. The molecule has 1 aromatic carbocycles. The summed E-state index contributed by atoms with van der Waals surface area (Å²) in [6, 6.07) is 5.88. The highest BCUT2D eigenvalue weighted by Gasteiger charge is 2.19. The molecule has 1 atom stereocenters. The number of morpholine rings is 1. The van der Waals surface area contributed by atoms with E-state index in [1.807, 2.05) is 12.1 Å². The van der Waals surface area contributed by atoms with Crippen LogP contribution in [0.5, 0.6) is 0 Å². The zero-order chi connectivity index (χ0) is 16.4. The van der Waals surface area contributed by atoms with Crippen molar-refractivity contribution in [2.24, 2.45) is 0 Å². The molecule has 1 aromatic heterocycles. The summed E-state index contributed by atoms with van der Waals surface area (Å²) in [6.45, 7) is 4.15. The Hall–Kier alpha value is -2.32. The number of carbonyl (C=O) groups is 1. The number of anilines is 2. The number of fused-ring (bicyclic) bond motifs is 1. The highest BCUT2D eigenvalue weighted by atomic mass is 16.5. The summed E-state index contributed by atoms with van der Waals surface area (Å²) in [6.07, 6.45) is 0.845. The van der Waals surface area contributed by atoms with E-state index < -0.39 is 0 Å². The van der Waals surface area contributed by atoms with Gasteiger partial charge < -0.3 is 29.4 Å². The van der Waals surface area contributed by atoms with Gasteiger partial charge in [0, 0.05) is 31.5 Å². The molecule has 3 heterocycles. The number of nitrogens with zero attached hydrogens (tertiary/aromatic N) is 2. The first-order valence-corrected chi connectivity index (χ1v) is 8.16. The minimum absolute atomic E-state index is 0.0759. The van der Waals surface area contributed by atoms with Crippen molar-refractivity contribution in [3.8, 4) is 0 Å². The lowest BCUT2D eigenvalue weighted by Crippen LogP contribution is -2.38. The van der Waals surface area contributed by atoms with Gasteiger partial charge in [0.25, 0.3) is 6.01 Å². The molecule has 4 rings (SSSR count). The van der Waals surface area contributed by atoms with Crippen LogP contribution in [0.15, 0.2) is 22.6 Å². The number of urea groups is 1. The Morgan fingerprint density at radius 3 is 2.88 bits per heavy atom. The number of hydrogen-bond donors (Lipinski definition) is 2. The molecule has 2 aromatic rings. The Labute approximate surface area is 139 Å². The van der Waals surface area contributed by atoms with Crippen LogP contribution in [-0.2, 0) is 9.47 Å². The maximum atomic E-state index is 12.0. The van der Waals surface area contributed by atoms with E-state index in [1.54, 1.807) is 6.07 Å². The molecule has 2 amide bonds. The molecule has 0 bridgehead atoms. The number of rotatable bonds is 3. The van der Waals surface area contributed by atoms with Gasteiger partial charge in [-0.05, 0) is 18.6 Å². The van der Waals surface area contributed by atoms with E-state index in [0.29, 0.717) is 43.7 Å². The monoisotopic (exact) mass is 332 g/mol. The predicted molar refractivity (Wildman–Crippen MR) is 88.4 cm³/mol. The SMILES string of the molecule is O=C(Nc1ccc2nc(N3CCOCC3)oc2c1)NC1CCOC1. The van der Waals surface area contributed by atoms with Gasteiger partial charge in [-0.1, -0.05) is 0 Å². The largest absolute Gasteiger partial charge is 0.423 e. The molecule has 128 valence electrons. The van der Waals surface area contributed by atoms with Crippen LogP contribution in [0.25, 0.3) is 11.1 Å². The Balaban J connectivity index is 1.45. The number of nitrogens with one attached hydrogen (secondary N) is 2. The van der Waals surface area contributed by atoms with Gasteiger partial charge in [-0.3, -0.25) is 0 Å². The number of benzene rings is 1. The van der Waals surface area contributed by atoms with Crippen LogP contribution in [-0.4, -0.2) is 56.6 Å². The average Bonchev–Trinajstić information content (AvgIpc) is 3.24. The zero-order valence-corrected chi connectivity index (χ0v) is 13.3. The molecule has 2 aliphatic rings. The summed E-state index contributed by atoms with van der Waals surface area (Å²) >= 11 is 0. The quantitative estimate of drug-likeness (QED) is 0.887. The maximum absolute atomic E-state index is 12.0. The Morgan fingerprint density at radius 2 is 2.08 bits per heavy atom. The summed E-state index contributed by atoms with van der Waals surface area (Å²) in [5.74, 6) is 0. The van der Waals surface area contributed by atoms with Crippen molar-refractivity contribution in [1.29, 1.82) is 0 Å². The molecule has 2 aliphatic heterocycles. The number of aromatic nitrogens is 1. The fourth-order valence-corrected chi connectivity index (χ4v) is 2.88. The van der Waals surface area contributed by atoms with Crippen LogP contribution in [0.3, 0.4) is 0 Å². The van der Waals surface area contributed by atoms with E-state index >= 15 is 0 Å². The van der Waals surface area contributed by atoms with Crippen LogP contribution in [0.1, 0.15) is 6.42 Å². The standard InChI is InChI=1S/C16H20N4O4/c21-15(18-12-3-6-23-10-12)17-11-1-2-13-14(9-11)24-16(19-13)20-4-7-22-8-5-20/h1-2,9,12H,3-8,10H2,(H2,17,18,21). The van der Waals surface area contributed by atoms with E-state index in [1.165, 1.54) is 0 Å². The average molecular weight is 332 g/mol. The van der Waals surface area contributed by atoms with Crippen LogP contribution in [0.4, 0.5) is 16.5 Å². The van der Waals surface area contributed by atoms with Crippen LogP contribution < -0.4 is 15.5 Å². The van der Waals surface area contributed by atoms with Crippen molar-refractivity contribution in [3.05, 3.63) is 18.2 Å². The molecule has 0 saturated carbocycles. The smallest absolute Gasteiger partial charge is 0.319 e. The fraction of sp³-hybridized carbons (Fsp3) is 0.500. The van der Waals surface area contributed by atoms with Crippen molar-refractivity contribution < 1.29 is 18.7 Å². The normalized spacial score (nSPS) is 21.2. The van der Waals surface area contributed by atoms with E-state index in [9.17, 15) is 4.79 Å². The number of hydrogen-bond acceptors (Lipinski definition) is 6. The van der Waals surface area contributed by atoms with Crippen molar-refractivity contribution in [2.75, 3.05) is 49.7 Å². The lowest BCUT2D eigenvalue weighted by molar-refractivity contribution is 0.120. The number of carbonyl (C=O) groups excluding carboxylic acids is 1. The molecule has 2 N–H and O–H groups in total. The van der Waals surface area contributed by atoms with Gasteiger partial charge >= 0.3 is 6.03 Å². The summed E-state index contributed by atoms with van der Waals surface area (Å²) < 4.78 is 16.4. The van der Waals surface area contributed by atoms with Crippen molar-refractivity contribution >= 4 is 28.8 Å². The van der Waals surface area contributed by atoms with Gasteiger partial charge in [0.15, 0.2) is 5.58 Å². The van der Waals surface area contributed by atoms with Gasteiger partial charge in [0.2, 0.25) is 0 Å². The first-order valence-electron chi connectivity index (χ1n) is 8.16. The second kappa shape index (κ2) is 6.66. The lowest BCUT2D eigenvalue weighted by Gasteiger charge is -2.24. The number of amides is 2. The third kappa shape index (κ3) is 3.29. The molecule has 2 fully saturated rings.